The first-order valence-electron chi connectivity index (χ1n) is 9.66. The SMILES string of the molecule is COc1cc(Cl)c(CN2CCN(Cc3ccccc3)[C@H](CCO)C2)cc1OC. The van der Waals surface area contributed by atoms with E-state index in [1.54, 1.807) is 14.2 Å². The van der Waals surface area contributed by atoms with E-state index in [1.807, 2.05) is 18.2 Å². The second-order valence-electron chi connectivity index (χ2n) is 7.16. The fourth-order valence-corrected chi connectivity index (χ4v) is 4.02. The lowest BCUT2D eigenvalue weighted by molar-refractivity contribution is 0.0499. The maximum Gasteiger partial charge on any atom is 0.162 e. The van der Waals surface area contributed by atoms with Gasteiger partial charge in [0.05, 0.1) is 14.2 Å². The monoisotopic (exact) mass is 404 g/mol. The van der Waals surface area contributed by atoms with E-state index in [4.69, 9.17) is 21.1 Å². The molecule has 5 nitrogen and oxygen atoms in total. The predicted molar refractivity (Wildman–Crippen MR) is 112 cm³/mol. The fourth-order valence-electron chi connectivity index (χ4n) is 3.81. The third kappa shape index (κ3) is 5.17. The molecular weight excluding hydrogens is 376 g/mol. The Kier molecular flexibility index (Phi) is 7.57. The summed E-state index contributed by atoms with van der Waals surface area (Å²) in [7, 11) is 3.24. The van der Waals surface area contributed by atoms with Crippen molar-refractivity contribution in [2.75, 3.05) is 40.5 Å². The molecule has 0 spiro atoms. The lowest BCUT2D eigenvalue weighted by atomic mass is 10.1. The highest BCUT2D eigenvalue weighted by molar-refractivity contribution is 6.31. The smallest absolute Gasteiger partial charge is 0.162 e. The van der Waals surface area contributed by atoms with Crippen LogP contribution in [-0.4, -0.2) is 61.4 Å². The zero-order valence-electron chi connectivity index (χ0n) is 16.6. The minimum Gasteiger partial charge on any atom is -0.493 e. The van der Waals surface area contributed by atoms with Gasteiger partial charge in [0.2, 0.25) is 0 Å². The standard InChI is InChI=1S/C22H29ClN2O3/c1-27-21-12-18(20(23)13-22(21)28-2)15-24-9-10-25(19(16-24)8-11-26)14-17-6-4-3-5-7-17/h3-7,12-13,19,26H,8-11,14-16H2,1-2H3/t19-/m1/s1. The molecule has 1 atom stereocenters. The van der Waals surface area contributed by atoms with Gasteiger partial charge in [-0.2, -0.15) is 0 Å². The minimum absolute atomic E-state index is 0.195. The predicted octanol–water partition coefficient (Wildman–Crippen LogP) is 3.43. The van der Waals surface area contributed by atoms with Gasteiger partial charge in [-0.05, 0) is 23.6 Å². The normalized spacial score (nSPS) is 18.2. The Morgan fingerprint density at radius 2 is 1.75 bits per heavy atom. The van der Waals surface area contributed by atoms with Gasteiger partial charge in [0.25, 0.3) is 0 Å². The Labute approximate surface area is 172 Å². The first kappa shape index (κ1) is 20.9. The van der Waals surface area contributed by atoms with Gasteiger partial charge in [-0.15, -0.1) is 0 Å². The van der Waals surface area contributed by atoms with Gasteiger partial charge in [0.1, 0.15) is 0 Å². The second-order valence-corrected chi connectivity index (χ2v) is 7.56. The molecule has 1 heterocycles. The van der Waals surface area contributed by atoms with Crippen molar-refractivity contribution in [3.05, 3.63) is 58.6 Å². The summed E-state index contributed by atoms with van der Waals surface area (Å²) in [6, 6.07) is 14.6. The summed E-state index contributed by atoms with van der Waals surface area (Å²) >= 11 is 6.48. The number of methoxy groups -OCH3 is 2. The number of piperazine rings is 1. The summed E-state index contributed by atoms with van der Waals surface area (Å²) in [5, 5.41) is 10.2. The van der Waals surface area contributed by atoms with Crippen LogP contribution in [0.3, 0.4) is 0 Å². The van der Waals surface area contributed by atoms with E-state index in [1.165, 1.54) is 5.56 Å². The van der Waals surface area contributed by atoms with Gasteiger partial charge in [-0.1, -0.05) is 41.9 Å². The number of hydrogen-bond donors (Lipinski definition) is 1. The molecule has 0 radical (unpaired) electrons. The van der Waals surface area contributed by atoms with Crippen LogP contribution in [0.5, 0.6) is 11.5 Å². The van der Waals surface area contributed by atoms with Crippen LogP contribution < -0.4 is 9.47 Å². The average molecular weight is 405 g/mol. The summed E-state index contributed by atoms with van der Waals surface area (Å²) in [5.74, 6) is 1.33. The van der Waals surface area contributed by atoms with Crippen molar-refractivity contribution < 1.29 is 14.6 Å². The molecule has 3 rings (SSSR count). The molecule has 1 N–H and O–H groups in total. The fraction of sp³-hybridized carbons (Fsp3) is 0.455. The van der Waals surface area contributed by atoms with Gasteiger partial charge < -0.3 is 14.6 Å². The number of hydrogen-bond acceptors (Lipinski definition) is 5. The Morgan fingerprint density at radius 1 is 1.04 bits per heavy atom. The highest BCUT2D eigenvalue weighted by atomic mass is 35.5. The van der Waals surface area contributed by atoms with Crippen LogP contribution in [0.1, 0.15) is 17.5 Å². The molecule has 152 valence electrons. The van der Waals surface area contributed by atoms with Crippen LogP contribution in [0.15, 0.2) is 42.5 Å². The van der Waals surface area contributed by atoms with Crippen molar-refractivity contribution in [1.82, 2.24) is 9.80 Å². The first-order valence-corrected chi connectivity index (χ1v) is 10.0. The van der Waals surface area contributed by atoms with E-state index in [9.17, 15) is 5.11 Å². The molecule has 1 fully saturated rings. The third-order valence-corrected chi connectivity index (χ3v) is 5.68. The summed E-state index contributed by atoms with van der Waals surface area (Å²) in [5.41, 5.74) is 2.33. The molecule has 1 saturated heterocycles. The number of benzene rings is 2. The summed E-state index contributed by atoms with van der Waals surface area (Å²) in [6.45, 7) is 4.68. The topological polar surface area (TPSA) is 45.2 Å². The maximum atomic E-state index is 9.55. The van der Waals surface area contributed by atoms with E-state index in [0.717, 1.165) is 44.7 Å². The third-order valence-electron chi connectivity index (χ3n) is 5.33. The van der Waals surface area contributed by atoms with Gasteiger partial charge in [-0.3, -0.25) is 9.80 Å². The van der Waals surface area contributed by atoms with Gasteiger partial charge >= 0.3 is 0 Å². The quantitative estimate of drug-likeness (QED) is 0.730. The molecule has 0 bridgehead atoms. The van der Waals surface area contributed by atoms with E-state index in [0.29, 0.717) is 22.6 Å². The molecule has 0 aliphatic carbocycles. The molecule has 2 aromatic rings. The maximum absolute atomic E-state index is 9.55. The second kappa shape index (κ2) is 10.1. The highest BCUT2D eigenvalue weighted by Gasteiger charge is 2.27. The van der Waals surface area contributed by atoms with Gasteiger partial charge in [0.15, 0.2) is 11.5 Å². The van der Waals surface area contributed by atoms with Crippen molar-refractivity contribution in [1.29, 1.82) is 0 Å². The summed E-state index contributed by atoms with van der Waals surface area (Å²) in [4.78, 5) is 4.87. The molecule has 28 heavy (non-hydrogen) atoms. The number of rotatable bonds is 8. The molecule has 1 aliphatic heterocycles. The first-order chi connectivity index (χ1) is 13.6. The number of nitrogens with zero attached hydrogens (tertiary/aromatic N) is 2. The molecular formula is C22H29ClN2O3. The number of ether oxygens (including phenoxy) is 2. The molecule has 1 aliphatic rings. The Morgan fingerprint density at radius 3 is 2.43 bits per heavy atom. The van der Waals surface area contributed by atoms with Crippen molar-refractivity contribution in [3.8, 4) is 11.5 Å². The molecule has 0 aromatic heterocycles. The zero-order chi connectivity index (χ0) is 19.9. The number of aliphatic hydroxyl groups is 1. The van der Waals surface area contributed by atoms with Crippen LogP contribution in [0.2, 0.25) is 5.02 Å². The summed E-state index contributed by atoms with van der Waals surface area (Å²) < 4.78 is 10.7. The minimum atomic E-state index is 0.195. The van der Waals surface area contributed by atoms with Crippen molar-refractivity contribution in [2.24, 2.45) is 0 Å². The zero-order valence-corrected chi connectivity index (χ0v) is 17.4. The lowest BCUT2D eigenvalue weighted by Crippen LogP contribution is -2.52. The molecule has 0 saturated carbocycles. The molecule has 0 unspecified atom stereocenters. The Hall–Kier alpha value is -1.79. The van der Waals surface area contributed by atoms with Crippen LogP contribution in [-0.2, 0) is 13.1 Å². The van der Waals surface area contributed by atoms with Crippen LogP contribution in [0, 0.1) is 0 Å². The van der Waals surface area contributed by atoms with E-state index in [2.05, 4.69) is 34.1 Å². The average Bonchev–Trinajstić information content (AvgIpc) is 2.72. The Balaban J connectivity index is 1.68. The van der Waals surface area contributed by atoms with Crippen molar-refractivity contribution >= 4 is 11.6 Å². The van der Waals surface area contributed by atoms with Crippen LogP contribution >= 0.6 is 11.6 Å². The number of halogens is 1. The van der Waals surface area contributed by atoms with Crippen LogP contribution in [0.4, 0.5) is 0 Å². The van der Waals surface area contributed by atoms with Gasteiger partial charge in [0, 0.05) is 56.5 Å². The highest BCUT2D eigenvalue weighted by Crippen LogP contribution is 2.34. The lowest BCUT2D eigenvalue weighted by Gasteiger charge is -2.41. The van der Waals surface area contributed by atoms with E-state index < -0.39 is 0 Å². The molecule has 6 heteroatoms. The summed E-state index contributed by atoms with van der Waals surface area (Å²) in [6.07, 6.45) is 0.767. The van der Waals surface area contributed by atoms with Crippen molar-refractivity contribution in [2.45, 2.75) is 25.6 Å². The largest absolute Gasteiger partial charge is 0.493 e. The van der Waals surface area contributed by atoms with Crippen LogP contribution in [0.25, 0.3) is 0 Å². The Bertz CT molecular complexity index is 757. The molecule has 0 amide bonds. The van der Waals surface area contributed by atoms with Crippen molar-refractivity contribution in [3.63, 3.8) is 0 Å². The van der Waals surface area contributed by atoms with Gasteiger partial charge in [-0.25, -0.2) is 0 Å². The van der Waals surface area contributed by atoms with E-state index >= 15 is 0 Å². The molecule has 2 aromatic carbocycles. The van der Waals surface area contributed by atoms with E-state index in [-0.39, 0.29) is 6.61 Å². The number of aliphatic hydroxyl groups excluding tert-OH is 1.